The van der Waals surface area contributed by atoms with Crippen molar-refractivity contribution in [3.8, 4) is 28.5 Å². The smallest absolute Gasteiger partial charge is 0.404 e. The van der Waals surface area contributed by atoms with Crippen LogP contribution in [-0.4, -0.2) is 111 Å². The fourth-order valence-electron chi connectivity index (χ4n) is 7.28. The van der Waals surface area contributed by atoms with Crippen molar-refractivity contribution in [2.45, 2.75) is 59.5 Å². The lowest BCUT2D eigenvalue weighted by molar-refractivity contribution is -0.274. The number of nitrogens with zero attached hydrogens (tertiary/aromatic N) is 8. The molecular formula is C40H43F9IN11O3. The zero-order valence-corrected chi connectivity index (χ0v) is 34.5. The number of piperazine rings is 1. The van der Waals surface area contributed by atoms with Crippen molar-refractivity contribution in [2.75, 3.05) is 56.5 Å². The lowest BCUT2D eigenvalue weighted by Crippen LogP contribution is -2.44. The van der Waals surface area contributed by atoms with Gasteiger partial charge in [-0.25, -0.2) is 19.9 Å². The van der Waals surface area contributed by atoms with Gasteiger partial charge < -0.3 is 39.6 Å². The van der Waals surface area contributed by atoms with Gasteiger partial charge >= 0.3 is 18.7 Å². The second-order valence-corrected chi connectivity index (χ2v) is 15.3. The van der Waals surface area contributed by atoms with E-state index in [1.165, 1.54) is 54.9 Å². The van der Waals surface area contributed by atoms with Gasteiger partial charge in [-0.05, 0) is 49.5 Å². The van der Waals surface area contributed by atoms with E-state index < -0.39 is 43.5 Å². The number of carbonyl (C=O) groups excluding carboxylic acids is 2. The lowest BCUT2D eigenvalue weighted by atomic mass is 10.1. The van der Waals surface area contributed by atoms with E-state index in [1.807, 2.05) is 34.5 Å². The molecule has 1 fully saturated rings. The van der Waals surface area contributed by atoms with Gasteiger partial charge in [0, 0.05) is 104 Å². The minimum absolute atomic E-state index is 0. The van der Waals surface area contributed by atoms with E-state index in [1.54, 1.807) is 0 Å². The molecule has 3 aliphatic rings. The molecule has 0 radical (unpaired) electrons. The summed E-state index contributed by atoms with van der Waals surface area (Å²) in [4.78, 5) is 44.8. The third-order valence-electron chi connectivity index (χ3n) is 9.99. The summed E-state index contributed by atoms with van der Waals surface area (Å²) in [6.45, 7) is 0.901. The summed E-state index contributed by atoms with van der Waals surface area (Å²) in [5.41, 5.74) is 2.31. The topological polar surface area (TPSA) is 147 Å². The average Bonchev–Trinajstić information content (AvgIpc) is 3.74. The van der Waals surface area contributed by atoms with Crippen LogP contribution in [0.15, 0.2) is 54.9 Å². The van der Waals surface area contributed by atoms with Crippen molar-refractivity contribution in [3.05, 3.63) is 81.2 Å². The Hall–Kier alpha value is -5.66. The Bertz CT molecular complexity index is 2460. The number of likely N-dealkylation sites (N-methyl/N-ethyl adjacent to an activating group) is 1. The minimum atomic E-state index is -4.97. The molecule has 0 atom stereocenters. The quantitative estimate of drug-likeness (QED) is 0.0798. The number of alkyl halides is 9. The molecule has 0 spiro atoms. The largest absolute Gasteiger partial charge is 0.573 e. The number of halogens is 10. The molecule has 7 heterocycles. The fraction of sp³-hybridized carbons (Fsp3) is 0.400. The van der Waals surface area contributed by atoms with Gasteiger partial charge in [0.15, 0.2) is 9.58 Å². The number of ether oxygens (including phenoxy) is 1. The van der Waals surface area contributed by atoms with Crippen LogP contribution in [-0.2, 0) is 25.9 Å². The van der Waals surface area contributed by atoms with E-state index >= 15 is 0 Å². The molecule has 0 bridgehead atoms. The van der Waals surface area contributed by atoms with Crippen molar-refractivity contribution in [2.24, 2.45) is 0 Å². The highest BCUT2D eigenvalue weighted by atomic mass is 127. The second-order valence-electron chi connectivity index (χ2n) is 14.3. The van der Waals surface area contributed by atoms with Crippen LogP contribution in [0.25, 0.3) is 22.8 Å². The van der Waals surface area contributed by atoms with E-state index in [9.17, 15) is 49.1 Å². The van der Waals surface area contributed by atoms with Gasteiger partial charge in [0.1, 0.15) is 13.1 Å². The monoisotopic (exact) mass is 1020 g/mol. The van der Waals surface area contributed by atoms with Gasteiger partial charge in [0.2, 0.25) is 5.95 Å². The first-order valence-corrected chi connectivity index (χ1v) is 19.9. The second kappa shape index (κ2) is 19.6. The van der Waals surface area contributed by atoms with E-state index in [0.717, 1.165) is 22.2 Å². The molecule has 0 unspecified atom stereocenters. The summed E-state index contributed by atoms with van der Waals surface area (Å²) in [5.74, 6) is -1.54. The number of aromatic nitrogens is 6. The van der Waals surface area contributed by atoms with Crippen LogP contribution in [0.1, 0.15) is 47.0 Å². The first-order valence-electron chi connectivity index (χ1n) is 18.8. The molecule has 64 heavy (non-hydrogen) atoms. The van der Waals surface area contributed by atoms with Crippen molar-refractivity contribution < 1.29 is 53.8 Å². The number of rotatable bonds is 8. The molecule has 14 nitrogen and oxygen atoms in total. The molecule has 8 rings (SSSR count). The molecule has 0 aliphatic carbocycles. The molecule has 5 aromatic rings. The highest BCUT2D eigenvalue weighted by Gasteiger charge is 2.36. The first kappa shape index (κ1) is 49.4. The van der Waals surface area contributed by atoms with E-state index in [2.05, 4.69) is 45.5 Å². The summed E-state index contributed by atoms with van der Waals surface area (Å²) in [7, 11) is 1.98. The normalized spacial score (nSPS) is 15.3. The van der Waals surface area contributed by atoms with Crippen LogP contribution in [0.4, 0.5) is 56.8 Å². The van der Waals surface area contributed by atoms with Crippen molar-refractivity contribution >= 4 is 51.7 Å². The first-order chi connectivity index (χ1) is 29.2. The van der Waals surface area contributed by atoms with Gasteiger partial charge in [0.25, 0.3) is 11.8 Å². The third-order valence-corrected chi connectivity index (χ3v) is 10.5. The van der Waals surface area contributed by atoms with Gasteiger partial charge in [-0.15, -0.1) is 13.2 Å². The van der Waals surface area contributed by atoms with Gasteiger partial charge in [0.05, 0.1) is 39.6 Å². The maximum Gasteiger partial charge on any atom is 0.573 e. The summed E-state index contributed by atoms with van der Waals surface area (Å²) in [5, 5.41) is 7.98. The number of amides is 2. The molecule has 24 heteroatoms. The predicted octanol–water partition coefficient (Wildman–Crippen LogP) is 7.86. The summed E-state index contributed by atoms with van der Waals surface area (Å²) in [6, 6.07) is 9.89. The highest BCUT2D eigenvalue weighted by Crippen LogP contribution is 2.37. The number of hydrogen-bond donors (Lipinski definition) is 3. The van der Waals surface area contributed by atoms with Crippen LogP contribution in [0, 0.1) is 3.83 Å². The van der Waals surface area contributed by atoms with Gasteiger partial charge in [-0.1, -0.05) is 14.9 Å². The molecule has 2 amide bonds. The Labute approximate surface area is 374 Å². The van der Waals surface area contributed by atoms with Crippen LogP contribution in [0.2, 0.25) is 0 Å². The van der Waals surface area contributed by atoms with E-state index in [0.29, 0.717) is 47.0 Å². The Balaban J connectivity index is 0.000000273. The number of nitrogens with one attached hydrogen (secondary N) is 3. The average molecular weight is 1020 g/mol. The Morgan fingerprint density at radius 2 is 1.23 bits per heavy atom. The molecule has 0 saturated carbocycles. The fourth-order valence-corrected chi connectivity index (χ4v) is 7.70. The summed E-state index contributed by atoms with van der Waals surface area (Å²) in [6.07, 6.45) is -10.6. The van der Waals surface area contributed by atoms with Gasteiger partial charge in [-0.3, -0.25) is 9.59 Å². The summed E-state index contributed by atoms with van der Waals surface area (Å²) < 4.78 is 125. The maximum absolute atomic E-state index is 13.5. The molecule has 1 aromatic carbocycles. The maximum atomic E-state index is 13.5. The van der Waals surface area contributed by atoms with E-state index in [-0.39, 0.29) is 79.3 Å². The zero-order chi connectivity index (χ0) is 44.6. The predicted molar refractivity (Wildman–Crippen MR) is 227 cm³/mol. The number of hydrogen-bond acceptors (Lipinski definition) is 10. The molecule has 3 aliphatic heterocycles. The molecule has 4 aromatic heterocycles. The highest BCUT2D eigenvalue weighted by molar-refractivity contribution is 14.1. The summed E-state index contributed by atoms with van der Waals surface area (Å²) >= 11 is 1.89. The lowest BCUT2D eigenvalue weighted by Gasteiger charge is -2.34. The number of anilines is 3. The Morgan fingerprint density at radius 1 is 0.719 bits per heavy atom. The van der Waals surface area contributed by atoms with Gasteiger partial charge in [-0.2, -0.15) is 26.3 Å². The van der Waals surface area contributed by atoms with Crippen LogP contribution < -0.4 is 25.6 Å². The molecule has 3 N–H and O–H groups in total. The number of carbonyl (C=O) groups is 2. The van der Waals surface area contributed by atoms with Crippen LogP contribution >= 0.6 is 22.6 Å². The zero-order valence-electron chi connectivity index (χ0n) is 32.3. The van der Waals surface area contributed by atoms with E-state index in [4.69, 9.17) is 0 Å². The Kier molecular flexibility index (Phi) is 15.1. The molecular weight excluding hydrogens is 980 g/mol. The number of benzene rings is 1. The van der Waals surface area contributed by atoms with Crippen molar-refractivity contribution in [3.63, 3.8) is 0 Å². The number of fused-ring (bicyclic) bond motifs is 2. The minimum Gasteiger partial charge on any atom is -0.404 e. The third kappa shape index (κ3) is 11.9. The standard InChI is InChI=1S/C25H25F6N7O2.C13H10F3IN4O.2CH4/c1-36-8-10-37(11-9-36)15-2-3-21(40-25(29,30)31)18(12-15)35-23-33-6-4-17(34-23)20-13-16-19(5-7-32-22(16)39)38(20)14-24(26,27)28;14-13(15,16)6-21-9-2-4-18-11(22)7(9)5-10(21)8-1-3-19-12(17)20-8;;/h2-4,6,12-13H,5,7-11,14H2,1H3,(H,32,39)(H,33,34,35);1,3,5H,2,4,6H2,(H,18,22);2*1H4. The van der Waals surface area contributed by atoms with Crippen molar-refractivity contribution in [1.29, 1.82) is 0 Å². The molecule has 346 valence electrons. The SMILES string of the molecule is C.C.CN1CCN(c2ccc(OC(F)(F)F)c(Nc3nccc(-c4cc5c(n4CC(F)(F)F)CCNC5=O)n3)c2)CC1.O=C1NCCc2c1cc(-c1ccnc(I)n1)n2CC(F)(F)F. The van der Waals surface area contributed by atoms with Crippen LogP contribution in [0.3, 0.4) is 0 Å². The van der Waals surface area contributed by atoms with Crippen molar-refractivity contribution in [1.82, 2.24) is 44.6 Å². The molecule has 1 saturated heterocycles. The Morgan fingerprint density at radius 3 is 1.73 bits per heavy atom. The van der Waals surface area contributed by atoms with Crippen LogP contribution in [0.5, 0.6) is 5.75 Å².